The number of fused-ring (bicyclic) bond motifs is 1. The maximum Gasteiger partial charge on any atom is 0.314 e. The highest BCUT2D eigenvalue weighted by atomic mass is 16.6. The van der Waals surface area contributed by atoms with Gasteiger partial charge >= 0.3 is 11.8 Å². The largest absolute Gasteiger partial charge is 0.486 e. The van der Waals surface area contributed by atoms with E-state index in [1.54, 1.807) is 18.2 Å². The molecule has 0 aliphatic carbocycles. The van der Waals surface area contributed by atoms with Gasteiger partial charge in [0.15, 0.2) is 11.5 Å². The quantitative estimate of drug-likeness (QED) is 0.799. The Hall–Kier alpha value is -3.22. The Morgan fingerprint density at radius 3 is 2.07 bits per heavy atom. The monoisotopic (exact) mass is 381 g/mol. The van der Waals surface area contributed by atoms with Crippen molar-refractivity contribution < 1.29 is 19.1 Å². The average Bonchev–Trinajstić information content (AvgIpc) is 2.75. The van der Waals surface area contributed by atoms with Crippen LogP contribution in [-0.2, 0) is 9.59 Å². The van der Waals surface area contributed by atoms with Crippen LogP contribution in [0.15, 0.2) is 42.5 Å². The van der Waals surface area contributed by atoms with Crippen LogP contribution in [0.5, 0.6) is 11.5 Å². The van der Waals surface area contributed by atoms with Crippen LogP contribution < -0.4 is 25.0 Å². The van der Waals surface area contributed by atoms with Gasteiger partial charge in [0.25, 0.3) is 0 Å². The van der Waals surface area contributed by atoms with Crippen LogP contribution in [0.2, 0.25) is 0 Å². The highest BCUT2D eigenvalue weighted by molar-refractivity contribution is 6.43. The molecular weight excluding hydrogens is 358 g/mol. The standard InChI is InChI=1S/C21H23N3O4/c25-20(21(26)23-16-6-9-18-19(14-16)28-13-12-27-18)22-15-4-7-17(8-5-15)24-10-2-1-3-11-24/h4-9,14H,1-3,10-13H2,(H,22,25)(H,23,26). The molecule has 2 aliphatic rings. The smallest absolute Gasteiger partial charge is 0.314 e. The average molecular weight is 381 g/mol. The first-order valence-electron chi connectivity index (χ1n) is 9.56. The summed E-state index contributed by atoms with van der Waals surface area (Å²) >= 11 is 0. The van der Waals surface area contributed by atoms with Crippen molar-refractivity contribution in [2.45, 2.75) is 19.3 Å². The van der Waals surface area contributed by atoms with Crippen molar-refractivity contribution in [2.75, 3.05) is 41.8 Å². The highest BCUT2D eigenvalue weighted by Crippen LogP contribution is 2.32. The molecule has 1 saturated heterocycles. The van der Waals surface area contributed by atoms with Gasteiger partial charge in [0, 0.05) is 36.2 Å². The number of nitrogens with zero attached hydrogens (tertiary/aromatic N) is 1. The minimum absolute atomic E-state index is 0.457. The molecule has 2 aromatic carbocycles. The molecule has 28 heavy (non-hydrogen) atoms. The number of piperidine rings is 1. The van der Waals surface area contributed by atoms with E-state index in [2.05, 4.69) is 15.5 Å². The lowest BCUT2D eigenvalue weighted by atomic mass is 10.1. The number of nitrogens with one attached hydrogen (secondary N) is 2. The number of rotatable bonds is 3. The molecule has 2 heterocycles. The van der Waals surface area contributed by atoms with E-state index in [0.29, 0.717) is 36.1 Å². The van der Waals surface area contributed by atoms with E-state index < -0.39 is 11.8 Å². The fraction of sp³-hybridized carbons (Fsp3) is 0.333. The van der Waals surface area contributed by atoms with Gasteiger partial charge in [0.2, 0.25) is 0 Å². The number of carbonyl (C=O) groups excluding carboxylic acids is 2. The van der Waals surface area contributed by atoms with Gasteiger partial charge in [-0.05, 0) is 55.7 Å². The normalized spacial score (nSPS) is 15.6. The summed E-state index contributed by atoms with van der Waals surface area (Å²) in [5.74, 6) is -0.280. The number of anilines is 3. The van der Waals surface area contributed by atoms with E-state index >= 15 is 0 Å². The van der Waals surface area contributed by atoms with Crippen LogP contribution in [-0.4, -0.2) is 38.1 Å². The molecule has 0 saturated carbocycles. The molecule has 2 aromatic rings. The minimum atomic E-state index is -0.739. The summed E-state index contributed by atoms with van der Waals surface area (Å²) in [6, 6.07) is 12.6. The van der Waals surface area contributed by atoms with Crippen LogP contribution >= 0.6 is 0 Å². The minimum Gasteiger partial charge on any atom is -0.486 e. The first-order chi connectivity index (χ1) is 13.7. The summed E-state index contributed by atoms with van der Waals surface area (Å²) in [4.78, 5) is 26.7. The van der Waals surface area contributed by atoms with Gasteiger partial charge in [0.1, 0.15) is 13.2 Å². The number of amides is 2. The second kappa shape index (κ2) is 8.21. The van der Waals surface area contributed by atoms with Gasteiger partial charge in [-0.25, -0.2) is 0 Å². The van der Waals surface area contributed by atoms with Crippen molar-refractivity contribution in [1.29, 1.82) is 0 Å². The summed E-state index contributed by atoms with van der Waals surface area (Å²) < 4.78 is 10.9. The van der Waals surface area contributed by atoms with Crippen molar-refractivity contribution >= 4 is 28.9 Å². The molecule has 2 N–H and O–H groups in total. The van der Waals surface area contributed by atoms with E-state index in [-0.39, 0.29) is 0 Å². The molecule has 7 nitrogen and oxygen atoms in total. The van der Waals surface area contributed by atoms with Crippen molar-refractivity contribution in [3.8, 4) is 11.5 Å². The van der Waals surface area contributed by atoms with E-state index in [9.17, 15) is 9.59 Å². The Morgan fingerprint density at radius 2 is 1.36 bits per heavy atom. The molecule has 146 valence electrons. The zero-order valence-electron chi connectivity index (χ0n) is 15.6. The van der Waals surface area contributed by atoms with E-state index in [0.717, 1.165) is 18.8 Å². The first-order valence-corrected chi connectivity index (χ1v) is 9.56. The molecule has 7 heteroatoms. The topological polar surface area (TPSA) is 79.9 Å². The summed E-state index contributed by atoms with van der Waals surface area (Å²) in [6.45, 7) is 3.07. The first kappa shape index (κ1) is 18.2. The molecule has 0 unspecified atom stereocenters. The number of benzene rings is 2. The predicted molar refractivity (Wildman–Crippen MR) is 107 cm³/mol. The Bertz CT molecular complexity index is 860. The van der Waals surface area contributed by atoms with Crippen molar-refractivity contribution in [3.63, 3.8) is 0 Å². The number of hydrogen-bond acceptors (Lipinski definition) is 5. The molecule has 0 atom stereocenters. The molecule has 4 rings (SSSR count). The van der Waals surface area contributed by atoms with Crippen LogP contribution in [0.1, 0.15) is 19.3 Å². The lowest BCUT2D eigenvalue weighted by Gasteiger charge is -2.28. The van der Waals surface area contributed by atoms with Crippen molar-refractivity contribution in [3.05, 3.63) is 42.5 Å². The Kier molecular flexibility index (Phi) is 5.32. The van der Waals surface area contributed by atoms with Crippen molar-refractivity contribution in [1.82, 2.24) is 0 Å². The van der Waals surface area contributed by atoms with Gasteiger partial charge in [-0.15, -0.1) is 0 Å². The Balaban J connectivity index is 1.34. The zero-order valence-corrected chi connectivity index (χ0v) is 15.6. The highest BCUT2D eigenvalue weighted by Gasteiger charge is 2.17. The molecule has 0 aromatic heterocycles. The second-order valence-electron chi connectivity index (χ2n) is 6.86. The summed E-state index contributed by atoms with van der Waals surface area (Å²) in [6.07, 6.45) is 3.69. The summed E-state index contributed by atoms with van der Waals surface area (Å²) in [5.41, 5.74) is 2.20. The maximum absolute atomic E-state index is 12.2. The van der Waals surface area contributed by atoms with Gasteiger partial charge < -0.3 is 25.0 Å². The lowest BCUT2D eigenvalue weighted by Crippen LogP contribution is -2.30. The molecule has 0 bridgehead atoms. The maximum atomic E-state index is 12.2. The molecule has 0 spiro atoms. The molecule has 2 aliphatic heterocycles. The summed E-state index contributed by atoms with van der Waals surface area (Å²) in [5, 5.41) is 5.21. The number of hydrogen-bond donors (Lipinski definition) is 2. The fourth-order valence-corrected chi connectivity index (χ4v) is 3.40. The fourth-order valence-electron chi connectivity index (χ4n) is 3.40. The third-order valence-electron chi connectivity index (χ3n) is 4.85. The zero-order chi connectivity index (χ0) is 19.3. The third-order valence-corrected chi connectivity index (χ3v) is 4.85. The number of carbonyl (C=O) groups is 2. The summed E-state index contributed by atoms with van der Waals surface area (Å²) in [7, 11) is 0. The van der Waals surface area contributed by atoms with E-state index in [1.807, 2.05) is 24.3 Å². The van der Waals surface area contributed by atoms with Crippen molar-refractivity contribution in [2.24, 2.45) is 0 Å². The SMILES string of the molecule is O=C(Nc1ccc(N2CCCCC2)cc1)C(=O)Nc1ccc2c(c1)OCCO2. The molecule has 2 amide bonds. The third kappa shape index (κ3) is 4.19. The van der Waals surface area contributed by atoms with Gasteiger partial charge in [-0.1, -0.05) is 0 Å². The van der Waals surface area contributed by atoms with Crippen LogP contribution in [0.3, 0.4) is 0 Å². The number of ether oxygens (including phenoxy) is 2. The van der Waals surface area contributed by atoms with Gasteiger partial charge in [-0.3, -0.25) is 9.59 Å². The Morgan fingerprint density at radius 1 is 0.750 bits per heavy atom. The van der Waals surface area contributed by atoms with Crippen LogP contribution in [0.4, 0.5) is 17.1 Å². The molecule has 1 fully saturated rings. The second-order valence-corrected chi connectivity index (χ2v) is 6.86. The van der Waals surface area contributed by atoms with Crippen LogP contribution in [0.25, 0.3) is 0 Å². The lowest BCUT2D eigenvalue weighted by molar-refractivity contribution is -0.133. The molecule has 0 radical (unpaired) electrons. The van der Waals surface area contributed by atoms with E-state index in [4.69, 9.17) is 9.47 Å². The van der Waals surface area contributed by atoms with Crippen LogP contribution in [0, 0.1) is 0 Å². The molecular formula is C21H23N3O4. The van der Waals surface area contributed by atoms with E-state index in [1.165, 1.54) is 19.3 Å². The Labute approximate surface area is 163 Å². The van der Waals surface area contributed by atoms with Gasteiger partial charge in [-0.2, -0.15) is 0 Å². The predicted octanol–water partition coefficient (Wildman–Crippen LogP) is 3.03. The van der Waals surface area contributed by atoms with Gasteiger partial charge in [0.05, 0.1) is 0 Å².